The zero-order chi connectivity index (χ0) is 17.7. The van der Waals surface area contributed by atoms with Gasteiger partial charge in [0.2, 0.25) is 6.29 Å². The summed E-state index contributed by atoms with van der Waals surface area (Å²) < 4.78 is 16.0. The molecule has 0 saturated heterocycles. The first kappa shape index (κ1) is 17.9. The van der Waals surface area contributed by atoms with Crippen molar-refractivity contribution in [3.8, 4) is 0 Å². The lowest BCUT2D eigenvalue weighted by atomic mass is 10.2. The molecule has 0 aliphatic heterocycles. The van der Waals surface area contributed by atoms with E-state index in [-0.39, 0.29) is 11.3 Å². The van der Waals surface area contributed by atoms with E-state index in [9.17, 15) is 9.59 Å². The van der Waals surface area contributed by atoms with Crippen LogP contribution in [-0.4, -0.2) is 43.1 Å². The Kier molecular flexibility index (Phi) is 5.91. The molecule has 1 aromatic carbocycles. The van der Waals surface area contributed by atoms with Crippen LogP contribution in [0.3, 0.4) is 0 Å². The van der Waals surface area contributed by atoms with Crippen LogP contribution in [0.4, 0.5) is 10.5 Å². The van der Waals surface area contributed by atoms with Crippen LogP contribution in [0, 0.1) is 0 Å². The summed E-state index contributed by atoms with van der Waals surface area (Å²) in [6.07, 6.45) is 0.232. The van der Waals surface area contributed by atoms with Crippen LogP contribution in [0.25, 0.3) is 0 Å². The van der Waals surface area contributed by atoms with Crippen molar-refractivity contribution in [1.82, 2.24) is 9.78 Å². The minimum atomic E-state index is -0.980. The molecule has 0 saturated carbocycles. The zero-order valence-electron chi connectivity index (χ0n) is 13.3. The third-order valence-electron chi connectivity index (χ3n) is 3.13. The van der Waals surface area contributed by atoms with Crippen molar-refractivity contribution in [2.45, 2.75) is 6.29 Å². The van der Waals surface area contributed by atoms with Gasteiger partial charge in [0, 0.05) is 24.9 Å². The number of carbonyl (C=O) groups is 2. The maximum absolute atomic E-state index is 12.5. The molecular weight excluding hydrogens is 338 g/mol. The number of amides is 1. The number of carbonyl (C=O) groups excluding carboxylic acids is 2. The van der Waals surface area contributed by atoms with Crippen LogP contribution < -0.4 is 5.32 Å². The lowest BCUT2D eigenvalue weighted by molar-refractivity contribution is -0.110. The molecule has 0 aliphatic rings. The number of hydrogen-bond acceptors (Lipinski definition) is 6. The first-order valence-electron chi connectivity index (χ1n) is 6.80. The zero-order valence-corrected chi connectivity index (χ0v) is 14.0. The maximum atomic E-state index is 12.5. The summed E-state index contributed by atoms with van der Waals surface area (Å²) in [5, 5.41) is 7.03. The molecule has 9 heteroatoms. The van der Waals surface area contributed by atoms with E-state index in [0.29, 0.717) is 10.7 Å². The fourth-order valence-corrected chi connectivity index (χ4v) is 2.27. The van der Waals surface area contributed by atoms with Crippen molar-refractivity contribution >= 4 is 29.3 Å². The van der Waals surface area contributed by atoms with Crippen LogP contribution in [-0.2, 0) is 14.2 Å². The van der Waals surface area contributed by atoms with Crippen LogP contribution in [0.5, 0.6) is 0 Å². The first-order valence-corrected chi connectivity index (χ1v) is 7.18. The molecule has 1 heterocycles. The van der Waals surface area contributed by atoms with E-state index in [1.54, 1.807) is 24.3 Å². The van der Waals surface area contributed by atoms with Crippen molar-refractivity contribution in [2.24, 2.45) is 0 Å². The van der Waals surface area contributed by atoms with Crippen molar-refractivity contribution in [3.63, 3.8) is 0 Å². The Bertz CT molecular complexity index is 742. The number of esters is 1. The Balaban J connectivity index is 2.39. The van der Waals surface area contributed by atoms with Crippen LogP contribution in [0.1, 0.15) is 22.3 Å². The summed E-state index contributed by atoms with van der Waals surface area (Å²) in [6.45, 7) is 0. The number of ether oxygens (including phenoxy) is 3. The topological polar surface area (TPSA) is 91.7 Å². The number of methoxy groups -OCH3 is 3. The van der Waals surface area contributed by atoms with Gasteiger partial charge in [-0.15, -0.1) is 0 Å². The second-order valence-electron chi connectivity index (χ2n) is 4.59. The van der Waals surface area contributed by atoms with Gasteiger partial charge in [-0.1, -0.05) is 17.7 Å². The number of anilines is 1. The van der Waals surface area contributed by atoms with Gasteiger partial charge < -0.3 is 19.5 Å². The third kappa shape index (κ3) is 3.73. The molecular formula is C15H16ClN3O5. The van der Waals surface area contributed by atoms with E-state index >= 15 is 0 Å². The molecule has 0 bridgehead atoms. The van der Waals surface area contributed by atoms with Crippen LogP contribution in [0.2, 0.25) is 5.02 Å². The predicted octanol–water partition coefficient (Wildman–Crippen LogP) is 2.69. The summed E-state index contributed by atoms with van der Waals surface area (Å²) >= 11 is 5.89. The lowest BCUT2D eigenvalue weighted by Gasteiger charge is -2.16. The monoisotopic (exact) mass is 353 g/mol. The Morgan fingerprint density at radius 2 is 1.96 bits per heavy atom. The molecule has 0 atom stereocenters. The number of benzene rings is 1. The molecule has 2 aromatic rings. The fraction of sp³-hybridized carbons (Fsp3) is 0.267. The molecule has 0 fully saturated rings. The molecule has 0 aliphatic carbocycles. The van der Waals surface area contributed by atoms with Gasteiger partial charge >= 0.3 is 12.0 Å². The van der Waals surface area contributed by atoms with Crippen molar-refractivity contribution in [3.05, 3.63) is 46.7 Å². The minimum Gasteiger partial charge on any atom is -0.465 e. The molecule has 1 amide bonds. The summed E-state index contributed by atoms with van der Waals surface area (Å²) in [5.41, 5.74) is 0.652. The molecule has 2 rings (SSSR count). The van der Waals surface area contributed by atoms with E-state index in [4.69, 9.17) is 25.8 Å². The second-order valence-corrected chi connectivity index (χ2v) is 5.03. The lowest BCUT2D eigenvalue weighted by Crippen LogP contribution is -2.26. The number of hydrogen-bond donors (Lipinski definition) is 1. The van der Waals surface area contributed by atoms with E-state index in [0.717, 1.165) is 4.68 Å². The summed E-state index contributed by atoms with van der Waals surface area (Å²) in [7, 11) is 3.98. The number of halogens is 1. The largest absolute Gasteiger partial charge is 0.465 e. The molecule has 8 nitrogen and oxygen atoms in total. The highest BCUT2D eigenvalue weighted by molar-refractivity contribution is 6.30. The second kappa shape index (κ2) is 7.91. The van der Waals surface area contributed by atoms with E-state index in [1.165, 1.54) is 27.5 Å². The molecule has 24 heavy (non-hydrogen) atoms. The third-order valence-corrected chi connectivity index (χ3v) is 3.37. The number of nitrogens with zero attached hydrogens (tertiary/aromatic N) is 2. The summed E-state index contributed by atoms with van der Waals surface area (Å²) in [4.78, 5) is 24.4. The summed E-state index contributed by atoms with van der Waals surface area (Å²) in [6, 6.07) is 6.00. The SMILES string of the molecule is COC(=O)c1cnn(C(=O)Nc2cccc(Cl)c2)c1C(OC)OC. The number of nitrogens with one attached hydrogen (secondary N) is 1. The van der Waals surface area contributed by atoms with Gasteiger partial charge in [-0.2, -0.15) is 9.78 Å². The van der Waals surface area contributed by atoms with Crippen LogP contribution >= 0.6 is 11.6 Å². The van der Waals surface area contributed by atoms with Crippen molar-refractivity contribution < 1.29 is 23.8 Å². The molecule has 0 unspecified atom stereocenters. The van der Waals surface area contributed by atoms with Gasteiger partial charge in [-0.05, 0) is 18.2 Å². The fourth-order valence-electron chi connectivity index (χ4n) is 2.08. The van der Waals surface area contributed by atoms with E-state index in [2.05, 4.69) is 10.4 Å². The van der Waals surface area contributed by atoms with Gasteiger partial charge in [0.15, 0.2) is 0 Å². The average molecular weight is 354 g/mol. The highest BCUT2D eigenvalue weighted by Crippen LogP contribution is 2.23. The van der Waals surface area contributed by atoms with Gasteiger partial charge in [-0.3, -0.25) is 0 Å². The summed E-state index contributed by atoms with van der Waals surface area (Å²) in [5.74, 6) is -0.661. The number of rotatable bonds is 5. The smallest absolute Gasteiger partial charge is 0.346 e. The first-order chi connectivity index (χ1) is 11.5. The maximum Gasteiger partial charge on any atom is 0.346 e. The highest BCUT2D eigenvalue weighted by atomic mass is 35.5. The van der Waals surface area contributed by atoms with Crippen molar-refractivity contribution in [2.75, 3.05) is 26.6 Å². The Morgan fingerprint density at radius 3 is 2.54 bits per heavy atom. The Hall–Kier alpha value is -2.42. The molecule has 0 spiro atoms. The van der Waals surface area contributed by atoms with E-state index < -0.39 is 18.3 Å². The van der Waals surface area contributed by atoms with Gasteiger partial charge in [0.05, 0.1) is 13.3 Å². The molecule has 1 N–H and O–H groups in total. The molecule has 128 valence electrons. The van der Waals surface area contributed by atoms with E-state index in [1.807, 2.05) is 0 Å². The highest BCUT2D eigenvalue weighted by Gasteiger charge is 2.28. The Morgan fingerprint density at radius 1 is 1.25 bits per heavy atom. The minimum absolute atomic E-state index is 0.0624. The molecule has 0 radical (unpaired) electrons. The quantitative estimate of drug-likeness (QED) is 0.656. The van der Waals surface area contributed by atoms with Crippen molar-refractivity contribution in [1.29, 1.82) is 0 Å². The van der Waals surface area contributed by atoms with Gasteiger partial charge in [0.25, 0.3) is 0 Å². The van der Waals surface area contributed by atoms with Gasteiger partial charge in [0.1, 0.15) is 11.3 Å². The molecule has 1 aromatic heterocycles. The average Bonchev–Trinajstić information content (AvgIpc) is 3.00. The van der Waals surface area contributed by atoms with Gasteiger partial charge in [-0.25, -0.2) is 9.59 Å². The predicted molar refractivity (Wildman–Crippen MR) is 86.2 cm³/mol. The standard InChI is InChI=1S/C15H16ClN3O5/c1-22-13(20)11-8-17-19(12(11)14(23-2)24-3)15(21)18-10-6-4-5-9(16)7-10/h4-8,14H,1-3H3,(H,18,21). The van der Waals surface area contributed by atoms with Crippen LogP contribution in [0.15, 0.2) is 30.5 Å². The number of aromatic nitrogens is 2. The Labute approximate surface area is 143 Å². The normalized spacial score (nSPS) is 10.7.